The zero-order valence-electron chi connectivity index (χ0n) is 9.82. The van der Waals surface area contributed by atoms with Gasteiger partial charge in [0.2, 0.25) is 0 Å². The molecule has 0 aliphatic carbocycles. The molecule has 108 valence electrons. The lowest BCUT2D eigenvalue weighted by atomic mass is 10.3. The van der Waals surface area contributed by atoms with Crippen molar-refractivity contribution in [2.75, 3.05) is 0 Å². The third-order valence-electron chi connectivity index (χ3n) is 1.93. The quantitative estimate of drug-likeness (QED) is 0.697. The van der Waals surface area contributed by atoms with Crippen LogP contribution in [0.25, 0.3) is 0 Å². The normalized spacial score (nSPS) is 9.80. The first-order valence-corrected chi connectivity index (χ1v) is 8.08. The van der Waals surface area contributed by atoms with E-state index in [2.05, 4.69) is 15.9 Å². The van der Waals surface area contributed by atoms with E-state index in [0.29, 0.717) is 8.67 Å². The van der Waals surface area contributed by atoms with E-state index in [1.165, 1.54) is 28.7 Å². The van der Waals surface area contributed by atoms with E-state index in [0.717, 1.165) is 8.66 Å². The fraction of sp³-hybridized carbons (Fsp3) is 0.0909. The van der Waals surface area contributed by atoms with Gasteiger partial charge in [-0.25, -0.2) is 9.59 Å². The number of carbonyl (C=O) groups is 2. The lowest BCUT2D eigenvalue weighted by Gasteiger charge is -1.84. The SMILES string of the molecule is Cc1cc(C(=O)O)c(Cl)s1.O=C(O)c1cc(Br)sc1Cl. The second kappa shape index (κ2) is 7.42. The van der Waals surface area contributed by atoms with Gasteiger partial charge in [0.15, 0.2) is 0 Å². The minimum absolute atomic E-state index is 0.151. The second-order valence-electron chi connectivity index (χ2n) is 3.39. The molecule has 20 heavy (non-hydrogen) atoms. The molecule has 0 fully saturated rings. The molecule has 0 amide bonds. The predicted octanol–water partition coefficient (Wildman–Crippen LogP) is 5.27. The monoisotopic (exact) mass is 416 g/mol. The van der Waals surface area contributed by atoms with Gasteiger partial charge in [-0.1, -0.05) is 23.2 Å². The maximum atomic E-state index is 10.4. The number of thiophene rings is 2. The van der Waals surface area contributed by atoms with Crippen molar-refractivity contribution in [2.24, 2.45) is 0 Å². The molecule has 2 heterocycles. The Labute approximate surface area is 140 Å². The molecule has 0 spiro atoms. The first-order valence-electron chi connectivity index (χ1n) is 4.89. The molecular weight excluding hydrogens is 411 g/mol. The van der Waals surface area contributed by atoms with E-state index in [-0.39, 0.29) is 11.1 Å². The zero-order chi connectivity index (χ0) is 15.4. The largest absolute Gasteiger partial charge is 0.478 e. The van der Waals surface area contributed by atoms with Crippen LogP contribution in [0, 0.1) is 6.92 Å². The summed E-state index contributed by atoms with van der Waals surface area (Å²) in [6.07, 6.45) is 0. The van der Waals surface area contributed by atoms with E-state index < -0.39 is 11.9 Å². The first-order chi connectivity index (χ1) is 9.22. The molecule has 2 aromatic rings. The van der Waals surface area contributed by atoms with Gasteiger partial charge in [-0.3, -0.25) is 0 Å². The highest BCUT2D eigenvalue weighted by atomic mass is 79.9. The molecule has 0 radical (unpaired) electrons. The maximum Gasteiger partial charge on any atom is 0.338 e. The van der Waals surface area contributed by atoms with Gasteiger partial charge in [-0.2, -0.15) is 0 Å². The Morgan fingerprint density at radius 1 is 1.05 bits per heavy atom. The van der Waals surface area contributed by atoms with E-state index in [4.69, 9.17) is 33.4 Å². The van der Waals surface area contributed by atoms with Gasteiger partial charge in [0.05, 0.1) is 14.9 Å². The van der Waals surface area contributed by atoms with E-state index in [9.17, 15) is 9.59 Å². The Kier molecular flexibility index (Phi) is 6.47. The second-order valence-corrected chi connectivity index (χ2v) is 8.28. The van der Waals surface area contributed by atoms with Crippen molar-refractivity contribution in [3.05, 3.63) is 40.6 Å². The Morgan fingerprint density at radius 2 is 1.50 bits per heavy atom. The van der Waals surface area contributed by atoms with Crippen LogP contribution in [-0.2, 0) is 0 Å². The topological polar surface area (TPSA) is 74.6 Å². The molecule has 0 saturated heterocycles. The molecule has 2 rings (SSSR count). The minimum Gasteiger partial charge on any atom is -0.478 e. The molecule has 0 aliphatic rings. The van der Waals surface area contributed by atoms with E-state index in [1.54, 1.807) is 6.07 Å². The summed E-state index contributed by atoms with van der Waals surface area (Å²) in [5.41, 5.74) is 0.350. The average molecular weight is 418 g/mol. The van der Waals surface area contributed by atoms with Crippen molar-refractivity contribution in [1.29, 1.82) is 0 Å². The number of halogens is 3. The van der Waals surface area contributed by atoms with Gasteiger partial charge >= 0.3 is 11.9 Å². The van der Waals surface area contributed by atoms with Gasteiger partial charge in [-0.05, 0) is 35.0 Å². The number of hydrogen-bond acceptors (Lipinski definition) is 4. The van der Waals surface area contributed by atoms with Gasteiger partial charge < -0.3 is 10.2 Å². The van der Waals surface area contributed by atoms with Crippen LogP contribution in [0.1, 0.15) is 25.6 Å². The van der Waals surface area contributed by atoms with Crippen LogP contribution < -0.4 is 0 Å². The smallest absolute Gasteiger partial charge is 0.338 e. The molecule has 9 heteroatoms. The Balaban J connectivity index is 0.000000200. The van der Waals surface area contributed by atoms with Crippen LogP contribution in [0.15, 0.2) is 15.9 Å². The van der Waals surface area contributed by atoms with Crippen molar-refractivity contribution in [3.63, 3.8) is 0 Å². The molecule has 2 N–H and O–H groups in total. The molecule has 0 unspecified atom stereocenters. The number of aryl methyl sites for hydroxylation is 1. The van der Waals surface area contributed by atoms with Crippen LogP contribution in [0.3, 0.4) is 0 Å². The molecule has 0 atom stereocenters. The molecule has 4 nitrogen and oxygen atoms in total. The fourth-order valence-electron chi connectivity index (χ4n) is 1.12. The first kappa shape index (κ1) is 17.5. The fourth-order valence-corrected chi connectivity index (χ4v) is 4.32. The third-order valence-corrected chi connectivity index (χ3v) is 5.06. The lowest BCUT2D eigenvalue weighted by molar-refractivity contribution is 0.0686. The summed E-state index contributed by atoms with van der Waals surface area (Å²) in [5, 5.41) is 17.0. The number of carboxylic acid groups (broad SMARTS) is 2. The standard InChI is InChI=1S/C6H5ClO2S.C5H2BrClO2S/c1-3-2-4(6(8)9)5(7)10-3;6-3-1-2(5(8)9)4(7)10-3/h2H,1H3,(H,8,9);1H,(H,8,9). The Hall–Kier alpha value is -0.600. The van der Waals surface area contributed by atoms with Crippen molar-refractivity contribution < 1.29 is 19.8 Å². The summed E-state index contributed by atoms with van der Waals surface area (Å²) < 4.78 is 1.39. The summed E-state index contributed by atoms with van der Waals surface area (Å²) in [4.78, 5) is 21.6. The van der Waals surface area contributed by atoms with E-state index in [1.807, 2.05) is 6.92 Å². The lowest BCUT2D eigenvalue weighted by Crippen LogP contribution is -1.92. The van der Waals surface area contributed by atoms with Crippen LogP contribution >= 0.6 is 61.8 Å². The van der Waals surface area contributed by atoms with Crippen molar-refractivity contribution >= 4 is 73.7 Å². The third kappa shape index (κ3) is 4.75. The highest BCUT2D eigenvalue weighted by Gasteiger charge is 2.11. The van der Waals surface area contributed by atoms with E-state index >= 15 is 0 Å². The molecule has 0 bridgehead atoms. The molecular formula is C11H7BrCl2O4S2. The molecule has 0 aliphatic heterocycles. The summed E-state index contributed by atoms with van der Waals surface area (Å²) in [6.45, 7) is 1.82. The molecule has 2 aromatic heterocycles. The highest BCUT2D eigenvalue weighted by molar-refractivity contribution is 9.11. The number of aromatic carboxylic acids is 2. The average Bonchev–Trinajstić information content (AvgIpc) is 2.82. The Morgan fingerprint density at radius 3 is 1.70 bits per heavy atom. The molecule has 0 saturated carbocycles. The van der Waals surface area contributed by atoms with Crippen molar-refractivity contribution in [3.8, 4) is 0 Å². The summed E-state index contributed by atoms with van der Waals surface area (Å²) >= 11 is 16.7. The maximum absolute atomic E-state index is 10.4. The van der Waals surface area contributed by atoms with Crippen LogP contribution in [0.5, 0.6) is 0 Å². The van der Waals surface area contributed by atoms with Crippen molar-refractivity contribution in [1.82, 2.24) is 0 Å². The van der Waals surface area contributed by atoms with Crippen LogP contribution in [0.2, 0.25) is 8.67 Å². The minimum atomic E-state index is -0.994. The van der Waals surface area contributed by atoms with Crippen LogP contribution in [0.4, 0.5) is 0 Å². The number of carboxylic acids is 2. The van der Waals surface area contributed by atoms with Gasteiger partial charge in [-0.15, -0.1) is 22.7 Å². The number of hydrogen-bond donors (Lipinski definition) is 2. The van der Waals surface area contributed by atoms with Gasteiger partial charge in [0.25, 0.3) is 0 Å². The summed E-state index contributed by atoms with van der Waals surface area (Å²) in [6, 6.07) is 3.05. The zero-order valence-corrected chi connectivity index (χ0v) is 14.5. The Bertz CT molecular complexity index is 595. The summed E-state index contributed by atoms with van der Waals surface area (Å²) in [5.74, 6) is -1.96. The van der Waals surface area contributed by atoms with Gasteiger partial charge in [0, 0.05) is 4.88 Å². The summed E-state index contributed by atoms with van der Waals surface area (Å²) in [7, 11) is 0. The van der Waals surface area contributed by atoms with Crippen LogP contribution in [-0.4, -0.2) is 22.2 Å². The highest BCUT2D eigenvalue weighted by Crippen LogP contribution is 2.31. The molecule has 0 aromatic carbocycles. The van der Waals surface area contributed by atoms with Crippen molar-refractivity contribution in [2.45, 2.75) is 6.92 Å². The predicted molar refractivity (Wildman–Crippen MR) is 85.0 cm³/mol. The van der Waals surface area contributed by atoms with Gasteiger partial charge in [0.1, 0.15) is 8.67 Å². The number of rotatable bonds is 2.